The van der Waals surface area contributed by atoms with Crippen LogP contribution in [0.1, 0.15) is 0 Å². The van der Waals surface area contributed by atoms with E-state index in [0.717, 1.165) is 6.07 Å². The summed E-state index contributed by atoms with van der Waals surface area (Å²) in [6.07, 6.45) is 0. The van der Waals surface area contributed by atoms with E-state index in [4.69, 9.17) is 16.3 Å². The van der Waals surface area contributed by atoms with Gasteiger partial charge >= 0.3 is 0 Å². The van der Waals surface area contributed by atoms with E-state index in [1.54, 1.807) is 18.2 Å². The molecule has 1 fully saturated rings. The van der Waals surface area contributed by atoms with Gasteiger partial charge in [-0.1, -0.05) is 17.7 Å². The van der Waals surface area contributed by atoms with Gasteiger partial charge in [-0.15, -0.1) is 0 Å². The van der Waals surface area contributed by atoms with Crippen LogP contribution in [0.3, 0.4) is 0 Å². The van der Waals surface area contributed by atoms with Crippen LogP contribution in [-0.2, 0) is 10.0 Å². The van der Waals surface area contributed by atoms with Gasteiger partial charge < -0.3 is 10.1 Å². The van der Waals surface area contributed by atoms with Gasteiger partial charge in [0.2, 0.25) is 10.0 Å². The minimum atomic E-state index is -3.95. The Labute approximate surface area is 155 Å². The topological polar surface area (TPSA) is 102 Å². The maximum atomic E-state index is 13.0. The van der Waals surface area contributed by atoms with Crippen LogP contribution in [0.5, 0.6) is 11.5 Å². The zero-order chi connectivity index (χ0) is 18.7. The van der Waals surface area contributed by atoms with Crippen LogP contribution >= 0.6 is 11.6 Å². The summed E-state index contributed by atoms with van der Waals surface area (Å²) in [5.41, 5.74) is -0.322. The van der Waals surface area contributed by atoms with Crippen molar-refractivity contribution >= 4 is 27.3 Å². The second-order valence-electron chi connectivity index (χ2n) is 5.60. The summed E-state index contributed by atoms with van der Waals surface area (Å²) in [6.45, 7) is 1.58. The van der Waals surface area contributed by atoms with Gasteiger partial charge in [-0.25, -0.2) is 8.42 Å². The molecular weight excluding hydrogens is 382 g/mol. The van der Waals surface area contributed by atoms with Crippen molar-refractivity contribution in [3.05, 3.63) is 57.6 Å². The minimum absolute atomic E-state index is 0.0106. The molecule has 26 heavy (non-hydrogen) atoms. The zero-order valence-corrected chi connectivity index (χ0v) is 15.2. The average Bonchev–Trinajstić information content (AvgIpc) is 2.62. The highest BCUT2D eigenvalue weighted by molar-refractivity contribution is 7.89. The molecule has 0 amide bonds. The number of nitrogens with zero attached hydrogens (tertiary/aromatic N) is 2. The number of benzene rings is 2. The summed E-state index contributed by atoms with van der Waals surface area (Å²) >= 11 is 5.93. The first-order chi connectivity index (χ1) is 12.4. The highest BCUT2D eigenvalue weighted by Gasteiger charge is 2.31. The predicted molar refractivity (Wildman–Crippen MR) is 96.3 cm³/mol. The lowest BCUT2D eigenvalue weighted by Crippen LogP contribution is -2.46. The maximum absolute atomic E-state index is 13.0. The molecule has 3 rings (SSSR count). The van der Waals surface area contributed by atoms with Gasteiger partial charge in [0, 0.05) is 43.3 Å². The Hall–Kier alpha value is -2.20. The second-order valence-corrected chi connectivity index (χ2v) is 7.94. The average molecular weight is 398 g/mol. The first-order valence-corrected chi connectivity index (χ1v) is 9.62. The number of nitro benzene ring substituents is 1. The molecule has 138 valence electrons. The van der Waals surface area contributed by atoms with Gasteiger partial charge in [0.05, 0.1) is 4.92 Å². The predicted octanol–water partition coefficient (Wildman–Crippen LogP) is 2.63. The van der Waals surface area contributed by atoms with E-state index in [2.05, 4.69) is 5.32 Å². The summed E-state index contributed by atoms with van der Waals surface area (Å²) in [6, 6.07) is 9.98. The molecule has 1 heterocycles. The van der Waals surface area contributed by atoms with Gasteiger partial charge in [-0.3, -0.25) is 10.1 Å². The molecule has 0 unspecified atom stereocenters. The van der Waals surface area contributed by atoms with Crippen LogP contribution in [0.4, 0.5) is 5.69 Å². The van der Waals surface area contributed by atoms with Gasteiger partial charge in [0.25, 0.3) is 5.69 Å². The highest BCUT2D eigenvalue weighted by Crippen LogP contribution is 2.34. The van der Waals surface area contributed by atoms with Crippen molar-refractivity contribution in [2.75, 3.05) is 26.2 Å². The smallest absolute Gasteiger partial charge is 0.271 e. The molecule has 0 aromatic heterocycles. The molecule has 1 N–H and O–H groups in total. The van der Waals surface area contributed by atoms with E-state index in [0.29, 0.717) is 23.9 Å². The molecular formula is C16H16ClN3O5S. The van der Waals surface area contributed by atoms with E-state index in [1.807, 2.05) is 0 Å². The Kier molecular flexibility index (Phi) is 5.42. The molecule has 2 aromatic rings. The second kappa shape index (κ2) is 7.58. The molecule has 1 aliphatic heterocycles. The normalized spacial score (nSPS) is 15.6. The van der Waals surface area contributed by atoms with E-state index < -0.39 is 14.9 Å². The Morgan fingerprint density at radius 2 is 1.88 bits per heavy atom. The number of piperazine rings is 1. The number of nitrogens with one attached hydrogen (secondary N) is 1. The van der Waals surface area contributed by atoms with Crippen molar-refractivity contribution in [2.24, 2.45) is 0 Å². The lowest BCUT2D eigenvalue weighted by atomic mass is 10.3. The fourth-order valence-electron chi connectivity index (χ4n) is 2.58. The summed E-state index contributed by atoms with van der Waals surface area (Å²) < 4.78 is 33.0. The number of rotatable bonds is 5. The summed E-state index contributed by atoms with van der Waals surface area (Å²) in [4.78, 5) is 10.2. The van der Waals surface area contributed by atoms with E-state index in [9.17, 15) is 18.5 Å². The number of hydrogen-bond acceptors (Lipinski definition) is 6. The number of hydrogen-bond donors (Lipinski definition) is 1. The number of ether oxygens (including phenoxy) is 1. The molecule has 0 bridgehead atoms. The molecule has 0 saturated carbocycles. The number of non-ortho nitro benzene ring substituents is 1. The van der Waals surface area contributed by atoms with E-state index >= 15 is 0 Å². The van der Waals surface area contributed by atoms with E-state index in [1.165, 1.54) is 22.5 Å². The third-order valence-corrected chi connectivity index (χ3v) is 6.01. The third kappa shape index (κ3) is 3.96. The molecule has 0 aliphatic carbocycles. The largest absolute Gasteiger partial charge is 0.456 e. The monoisotopic (exact) mass is 397 g/mol. The van der Waals surface area contributed by atoms with Crippen LogP contribution in [0, 0.1) is 10.1 Å². The van der Waals surface area contributed by atoms with Gasteiger partial charge in [0.15, 0.2) is 0 Å². The Bertz CT molecular complexity index is 929. The molecule has 0 radical (unpaired) electrons. The van der Waals surface area contributed by atoms with Gasteiger partial charge in [0.1, 0.15) is 16.4 Å². The van der Waals surface area contributed by atoms with Crippen molar-refractivity contribution in [2.45, 2.75) is 4.90 Å². The van der Waals surface area contributed by atoms with Crippen LogP contribution in [0.2, 0.25) is 5.02 Å². The fraction of sp³-hybridized carbons (Fsp3) is 0.250. The van der Waals surface area contributed by atoms with Crippen molar-refractivity contribution in [3.63, 3.8) is 0 Å². The first kappa shape index (κ1) is 18.6. The van der Waals surface area contributed by atoms with E-state index in [-0.39, 0.29) is 29.4 Å². The van der Waals surface area contributed by atoms with Crippen LogP contribution in [-0.4, -0.2) is 43.8 Å². The Morgan fingerprint density at radius 3 is 2.54 bits per heavy atom. The van der Waals surface area contributed by atoms with Crippen molar-refractivity contribution in [1.82, 2.24) is 9.62 Å². The lowest BCUT2D eigenvalue weighted by Gasteiger charge is -2.27. The molecule has 8 nitrogen and oxygen atoms in total. The highest BCUT2D eigenvalue weighted by atomic mass is 35.5. The Balaban J connectivity index is 2.05. The molecule has 0 atom stereocenters. The van der Waals surface area contributed by atoms with Crippen molar-refractivity contribution < 1.29 is 18.1 Å². The van der Waals surface area contributed by atoms with Crippen LogP contribution in [0.15, 0.2) is 47.4 Å². The quantitative estimate of drug-likeness (QED) is 0.614. The lowest BCUT2D eigenvalue weighted by molar-refractivity contribution is -0.385. The van der Waals surface area contributed by atoms with Crippen LogP contribution < -0.4 is 10.1 Å². The third-order valence-electron chi connectivity index (χ3n) is 3.86. The minimum Gasteiger partial charge on any atom is -0.456 e. The van der Waals surface area contributed by atoms with Gasteiger partial charge in [-0.05, 0) is 24.3 Å². The van der Waals surface area contributed by atoms with Crippen molar-refractivity contribution in [3.8, 4) is 11.5 Å². The first-order valence-electron chi connectivity index (χ1n) is 7.80. The summed E-state index contributed by atoms with van der Waals surface area (Å²) in [5, 5.41) is 14.6. The molecule has 2 aromatic carbocycles. The summed E-state index contributed by atoms with van der Waals surface area (Å²) in [5.74, 6) is 0.347. The van der Waals surface area contributed by atoms with Gasteiger partial charge in [-0.2, -0.15) is 4.31 Å². The number of sulfonamides is 1. The fourth-order valence-corrected chi connectivity index (χ4v) is 4.33. The summed E-state index contributed by atoms with van der Waals surface area (Å²) in [7, 11) is -3.95. The molecule has 10 heteroatoms. The molecule has 0 spiro atoms. The standard InChI is InChI=1S/C16H16ClN3O5S/c17-12-2-1-3-14(10-12)25-15-5-4-13(20(21)22)11-16(15)26(23,24)19-8-6-18-7-9-19/h1-5,10-11,18H,6-9H2. The molecule has 1 aliphatic rings. The van der Waals surface area contributed by atoms with Crippen molar-refractivity contribution in [1.29, 1.82) is 0 Å². The zero-order valence-electron chi connectivity index (χ0n) is 13.6. The number of nitro groups is 1. The Morgan fingerprint density at radius 1 is 1.15 bits per heavy atom. The molecule has 1 saturated heterocycles. The SMILES string of the molecule is O=[N+]([O-])c1ccc(Oc2cccc(Cl)c2)c(S(=O)(=O)N2CCNCC2)c1. The maximum Gasteiger partial charge on any atom is 0.271 e. The number of halogens is 1. The van der Waals surface area contributed by atoms with Crippen LogP contribution in [0.25, 0.3) is 0 Å².